The summed E-state index contributed by atoms with van der Waals surface area (Å²) in [5, 5.41) is 2.81. The number of carbonyl (C=O) groups is 1. The molecule has 0 aromatic carbocycles. The summed E-state index contributed by atoms with van der Waals surface area (Å²) in [5.41, 5.74) is 1.59. The first-order valence-electron chi connectivity index (χ1n) is 6.42. The molecule has 2 aromatic heterocycles. The number of hydrogen-bond donors (Lipinski definition) is 2. The Morgan fingerprint density at radius 3 is 2.75 bits per heavy atom. The van der Waals surface area contributed by atoms with Crippen LogP contribution >= 0.6 is 23.6 Å². The summed E-state index contributed by atoms with van der Waals surface area (Å²) in [5.74, 6) is 1.32. The summed E-state index contributed by atoms with van der Waals surface area (Å²) in [6, 6.07) is 0. The Morgan fingerprint density at radius 2 is 2.20 bits per heavy atom. The van der Waals surface area contributed by atoms with Crippen LogP contribution in [0.1, 0.15) is 35.2 Å². The normalized spacial score (nSPS) is 14.2. The smallest absolute Gasteiger partial charge is 0.229 e. The molecule has 0 bridgehead atoms. The molecule has 0 spiro atoms. The summed E-state index contributed by atoms with van der Waals surface area (Å²) < 4.78 is 0.697. The first-order valence-corrected chi connectivity index (χ1v) is 7.64. The van der Waals surface area contributed by atoms with E-state index in [1.165, 1.54) is 24.2 Å². The van der Waals surface area contributed by atoms with Gasteiger partial charge in [-0.05, 0) is 32.0 Å². The quantitative estimate of drug-likeness (QED) is 0.852. The molecule has 1 saturated carbocycles. The van der Waals surface area contributed by atoms with Gasteiger partial charge in [-0.3, -0.25) is 4.79 Å². The molecule has 2 aromatic rings. The number of aromatic amines is 1. The number of aromatic nitrogens is 3. The van der Waals surface area contributed by atoms with Crippen molar-refractivity contribution in [2.75, 3.05) is 5.32 Å². The average Bonchev–Trinajstić information content (AvgIpc) is 3.18. The molecule has 104 valence electrons. The molecule has 0 unspecified atom stereocenters. The highest BCUT2D eigenvalue weighted by molar-refractivity contribution is 7.73. The molecule has 0 radical (unpaired) electrons. The van der Waals surface area contributed by atoms with Crippen LogP contribution in [0.2, 0.25) is 0 Å². The van der Waals surface area contributed by atoms with Gasteiger partial charge in [-0.2, -0.15) is 0 Å². The van der Waals surface area contributed by atoms with Crippen molar-refractivity contribution in [2.45, 2.75) is 32.1 Å². The number of hydrogen-bond acceptors (Lipinski definition) is 5. The maximum Gasteiger partial charge on any atom is 0.229 e. The third-order valence-electron chi connectivity index (χ3n) is 3.14. The highest BCUT2D eigenvalue weighted by atomic mass is 32.1. The highest BCUT2D eigenvalue weighted by Gasteiger charge is 2.26. The lowest BCUT2D eigenvalue weighted by atomic mass is 10.3. The van der Waals surface area contributed by atoms with Crippen LogP contribution in [-0.4, -0.2) is 20.9 Å². The predicted molar refractivity (Wildman–Crippen MR) is 80.6 cm³/mol. The number of anilines is 1. The second-order valence-electron chi connectivity index (χ2n) is 4.89. The minimum absolute atomic E-state index is 0.0823. The average molecular weight is 306 g/mol. The summed E-state index contributed by atoms with van der Waals surface area (Å²) >= 11 is 6.49. The monoisotopic (exact) mass is 306 g/mol. The minimum Gasteiger partial charge on any atom is -0.341 e. The van der Waals surface area contributed by atoms with Crippen LogP contribution in [0.15, 0.2) is 12.4 Å². The van der Waals surface area contributed by atoms with Gasteiger partial charge in [-0.25, -0.2) is 9.97 Å². The van der Waals surface area contributed by atoms with E-state index >= 15 is 0 Å². The molecule has 1 aliphatic rings. The lowest BCUT2D eigenvalue weighted by Crippen LogP contribution is -2.14. The fourth-order valence-electron chi connectivity index (χ4n) is 1.91. The third-order valence-corrected chi connectivity index (χ3v) is 4.48. The fraction of sp³-hybridized carbons (Fsp3) is 0.385. The van der Waals surface area contributed by atoms with Crippen molar-refractivity contribution in [3.8, 4) is 0 Å². The number of rotatable bonds is 4. The van der Waals surface area contributed by atoms with E-state index in [9.17, 15) is 4.79 Å². The molecule has 2 N–H and O–H groups in total. The molecule has 0 saturated heterocycles. The van der Waals surface area contributed by atoms with Crippen LogP contribution in [0, 0.1) is 10.9 Å². The Hall–Kier alpha value is -1.60. The van der Waals surface area contributed by atoms with Gasteiger partial charge in [0.2, 0.25) is 5.91 Å². The van der Waals surface area contributed by atoms with Crippen LogP contribution in [0.3, 0.4) is 0 Å². The molecule has 1 amide bonds. The van der Waals surface area contributed by atoms with Gasteiger partial charge in [-0.15, -0.1) is 11.3 Å². The molecule has 0 atom stereocenters. The Morgan fingerprint density at radius 1 is 1.50 bits per heavy atom. The third kappa shape index (κ3) is 3.10. The summed E-state index contributed by atoms with van der Waals surface area (Å²) in [6.45, 7) is 1.92. The van der Waals surface area contributed by atoms with Crippen molar-refractivity contribution < 1.29 is 4.79 Å². The lowest BCUT2D eigenvalue weighted by molar-refractivity contribution is -0.115. The van der Waals surface area contributed by atoms with E-state index in [1.54, 1.807) is 12.4 Å². The Bertz CT molecular complexity index is 685. The van der Waals surface area contributed by atoms with E-state index < -0.39 is 0 Å². The number of H-pyrrole nitrogens is 1. The Labute approximate surface area is 125 Å². The van der Waals surface area contributed by atoms with E-state index in [0.29, 0.717) is 22.0 Å². The maximum atomic E-state index is 12.0. The number of aryl methyl sites for hydroxylation is 1. The van der Waals surface area contributed by atoms with Gasteiger partial charge in [0.1, 0.15) is 5.82 Å². The number of nitrogens with zero attached hydrogens (tertiary/aromatic N) is 2. The van der Waals surface area contributed by atoms with E-state index in [-0.39, 0.29) is 5.91 Å². The zero-order valence-electron chi connectivity index (χ0n) is 11.0. The first kappa shape index (κ1) is 13.4. The summed E-state index contributed by atoms with van der Waals surface area (Å²) in [7, 11) is 0. The molecular weight excluding hydrogens is 292 g/mol. The van der Waals surface area contributed by atoms with Crippen molar-refractivity contribution in [1.82, 2.24) is 15.0 Å². The van der Waals surface area contributed by atoms with Gasteiger partial charge < -0.3 is 10.3 Å². The molecule has 2 heterocycles. The van der Waals surface area contributed by atoms with Crippen molar-refractivity contribution in [3.63, 3.8) is 0 Å². The van der Waals surface area contributed by atoms with E-state index in [4.69, 9.17) is 12.2 Å². The summed E-state index contributed by atoms with van der Waals surface area (Å²) in [4.78, 5) is 24.5. The van der Waals surface area contributed by atoms with Gasteiger partial charge >= 0.3 is 0 Å². The lowest BCUT2D eigenvalue weighted by Gasteiger charge is -2.04. The van der Waals surface area contributed by atoms with Crippen LogP contribution in [0.25, 0.3) is 0 Å². The summed E-state index contributed by atoms with van der Waals surface area (Å²) in [6.07, 6.45) is 6.00. The molecule has 7 heteroatoms. The predicted octanol–water partition coefficient (Wildman–Crippen LogP) is 2.96. The number of thiazole rings is 1. The molecule has 20 heavy (non-hydrogen) atoms. The minimum atomic E-state index is -0.0823. The molecule has 1 aliphatic carbocycles. The second kappa shape index (κ2) is 5.41. The largest absolute Gasteiger partial charge is 0.341 e. The first-order chi connectivity index (χ1) is 9.61. The van der Waals surface area contributed by atoms with Crippen LogP contribution in [-0.2, 0) is 11.2 Å². The number of carbonyl (C=O) groups excluding carboxylic acids is 1. The Balaban J connectivity index is 1.63. The topological polar surface area (TPSA) is 70.7 Å². The van der Waals surface area contributed by atoms with E-state index in [1.807, 2.05) is 6.92 Å². The van der Waals surface area contributed by atoms with Crippen LogP contribution in [0.4, 0.5) is 5.69 Å². The molecule has 0 aliphatic heterocycles. The van der Waals surface area contributed by atoms with Gasteiger partial charge in [0.25, 0.3) is 0 Å². The van der Waals surface area contributed by atoms with Gasteiger partial charge in [0.15, 0.2) is 3.95 Å². The van der Waals surface area contributed by atoms with E-state index in [2.05, 4.69) is 20.3 Å². The number of amides is 1. The second-order valence-corrected chi connectivity index (χ2v) is 6.66. The van der Waals surface area contributed by atoms with Crippen LogP contribution in [0.5, 0.6) is 0 Å². The zero-order valence-corrected chi connectivity index (χ0v) is 12.6. The molecule has 3 rings (SSSR count). The van der Waals surface area contributed by atoms with Gasteiger partial charge in [0.05, 0.1) is 24.5 Å². The zero-order chi connectivity index (χ0) is 14.1. The standard InChI is InChI=1S/C13H14N4OS2/c1-7-10(20-13(19)16-7)4-11(18)17-9-5-14-12(15-6-9)8-2-3-8/h5-6,8H,2-4H2,1H3,(H,16,19)(H,17,18). The molecular formula is C13H14N4OS2. The molecule has 5 nitrogen and oxygen atoms in total. The van der Waals surface area contributed by atoms with Crippen molar-refractivity contribution in [1.29, 1.82) is 0 Å². The van der Waals surface area contributed by atoms with Crippen molar-refractivity contribution in [3.05, 3.63) is 32.7 Å². The highest BCUT2D eigenvalue weighted by Crippen LogP contribution is 2.37. The SMILES string of the molecule is Cc1[nH]c(=S)sc1CC(=O)Nc1cnc(C2CC2)nc1. The fourth-order valence-corrected chi connectivity index (χ4v) is 3.20. The van der Waals surface area contributed by atoms with Gasteiger partial charge in [0, 0.05) is 16.5 Å². The van der Waals surface area contributed by atoms with E-state index in [0.717, 1.165) is 16.4 Å². The van der Waals surface area contributed by atoms with Gasteiger partial charge in [-0.1, -0.05) is 0 Å². The molecule has 1 fully saturated rings. The van der Waals surface area contributed by atoms with Crippen molar-refractivity contribution >= 4 is 35.1 Å². The van der Waals surface area contributed by atoms with Crippen LogP contribution < -0.4 is 5.32 Å². The Kier molecular flexibility index (Phi) is 3.62. The number of nitrogens with one attached hydrogen (secondary N) is 2. The van der Waals surface area contributed by atoms with Crippen molar-refractivity contribution in [2.24, 2.45) is 0 Å². The maximum absolute atomic E-state index is 12.0.